The van der Waals surface area contributed by atoms with E-state index in [4.69, 9.17) is 15.5 Å². The normalized spacial score (nSPS) is 16.4. The van der Waals surface area contributed by atoms with Crippen LogP contribution in [0.5, 0.6) is 5.75 Å². The van der Waals surface area contributed by atoms with Crippen LogP contribution in [0, 0.1) is 5.82 Å². The third kappa shape index (κ3) is 2.30. The van der Waals surface area contributed by atoms with Gasteiger partial charge in [-0.25, -0.2) is 9.37 Å². The fourth-order valence-corrected chi connectivity index (χ4v) is 4.18. The van der Waals surface area contributed by atoms with E-state index in [9.17, 15) is 9.18 Å². The summed E-state index contributed by atoms with van der Waals surface area (Å²) in [6.45, 7) is 0.466. The number of halogens is 1. The smallest absolute Gasteiger partial charge is 0.258 e. The number of hydrogen-bond acceptors (Lipinski definition) is 4. The van der Waals surface area contributed by atoms with E-state index in [1.54, 1.807) is 18.2 Å². The fraction of sp³-hybridized carbons (Fsp3) is 0.273. The van der Waals surface area contributed by atoms with Gasteiger partial charge in [0.2, 0.25) is 0 Å². The molecule has 2 heterocycles. The minimum absolute atomic E-state index is 0.0374. The zero-order valence-electron chi connectivity index (χ0n) is 15.5. The summed E-state index contributed by atoms with van der Waals surface area (Å²) in [6, 6.07) is 10.8. The largest absolute Gasteiger partial charge is 0.494 e. The average molecular weight is 377 g/mol. The van der Waals surface area contributed by atoms with Crippen LogP contribution in [0.1, 0.15) is 35.3 Å². The Labute approximate surface area is 161 Å². The first kappa shape index (κ1) is 17.0. The molecule has 1 aliphatic heterocycles. The predicted molar refractivity (Wildman–Crippen MR) is 106 cm³/mol. The number of anilines is 1. The molecular weight excluding hydrogens is 357 g/mol. The van der Waals surface area contributed by atoms with Crippen molar-refractivity contribution < 1.29 is 13.9 Å². The van der Waals surface area contributed by atoms with Gasteiger partial charge in [-0.1, -0.05) is 30.3 Å². The van der Waals surface area contributed by atoms with Gasteiger partial charge in [0.05, 0.1) is 36.1 Å². The highest BCUT2D eigenvalue weighted by atomic mass is 19.1. The molecule has 0 unspecified atom stereocenters. The second-order valence-corrected chi connectivity index (χ2v) is 7.39. The number of para-hydroxylation sites is 1. The highest BCUT2D eigenvalue weighted by molar-refractivity contribution is 6.11. The monoisotopic (exact) mass is 377 g/mol. The molecule has 2 aromatic carbocycles. The fourth-order valence-electron chi connectivity index (χ4n) is 4.18. The van der Waals surface area contributed by atoms with Crippen LogP contribution in [-0.2, 0) is 6.54 Å². The summed E-state index contributed by atoms with van der Waals surface area (Å²) in [5, 5.41) is 0.669. The number of amides is 1. The number of aromatic nitrogens is 1. The minimum Gasteiger partial charge on any atom is -0.494 e. The molecule has 3 aromatic rings. The third-order valence-electron chi connectivity index (χ3n) is 5.91. The number of nitrogens with zero attached hydrogens (tertiary/aromatic N) is 2. The van der Waals surface area contributed by atoms with Crippen LogP contribution < -0.4 is 10.5 Å². The Morgan fingerprint density at radius 3 is 2.64 bits per heavy atom. The average Bonchev–Trinajstić information content (AvgIpc) is 2.97. The zero-order valence-corrected chi connectivity index (χ0v) is 15.5. The molecule has 6 heteroatoms. The maximum Gasteiger partial charge on any atom is 0.258 e. The van der Waals surface area contributed by atoms with Crippen LogP contribution in [0.2, 0.25) is 0 Å². The lowest BCUT2D eigenvalue weighted by atomic mass is 9.92. The number of hydrogen-bond donors (Lipinski definition) is 1. The van der Waals surface area contributed by atoms with E-state index in [0.29, 0.717) is 45.5 Å². The van der Waals surface area contributed by atoms with Gasteiger partial charge in [-0.2, -0.15) is 0 Å². The quantitative estimate of drug-likeness (QED) is 0.745. The molecule has 1 aromatic heterocycles. The minimum atomic E-state index is -0.439. The number of nitrogen functional groups attached to an aromatic ring is 1. The maximum atomic E-state index is 14.9. The Kier molecular flexibility index (Phi) is 3.75. The Balaban J connectivity index is 1.71. The number of carbonyl (C=O) groups excluding carboxylic acids is 1. The van der Waals surface area contributed by atoms with E-state index in [0.717, 1.165) is 19.3 Å². The number of benzene rings is 2. The van der Waals surface area contributed by atoms with E-state index in [-0.39, 0.29) is 17.7 Å². The Morgan fingerprint density at radius 1 is 1.18 bits per heavy atom. The predicted octanol–water partition coefficient (Wildman–Crippen LogP) is 4.14. The number of rotatable bonds is 3. The van der Waals surface area contributed by atoms with Crippen molar-refractivity contribution in [3.8, 4) is 16.9 Å². The van der Waals surface area contributed by atoms with Crippen LogP contribution in [0.15, 0.2) is 36.4 Å². The van der Waals surface area contributed by atoms with Crippen molar-refractivity contribution in [2.24, 2.45) is 0 Å². The number of methoxy groups -OCH3 is 1. The molecule has 28 heavy (non-hydrogen) atoms. The van der Waals surface area contributed by atoms with E-state index in [1.165, 1.54) is 7.11 Å². The first-order chi connectivity index (χ1) is 13.6. The van der Waals surface area contributed by atoms with E-state index < -0.39 is 5.82 Å². The van der Waals surface area contributed by atoms with Gasteiger partial charge < -0.3 is 15.4 Å². The second-order valence-electron chi connectivity index (χ2n) is 7.39. The summed E-state index contributed by atoms with van der Waals surface area (Å²) in [6.07, 6.45) is 3.20. The lowest BCUT2D eigenvalue weighted by Gasteiger charge is -2.34. The number of pyridine rings is 1. The zero-order chi connectivity index (χ0) is 19.4. The lowest BCUT2D eigenvalue weighted by molar-refractivity contribution is 0.0606. The highest BCUT2D eigenvalue weighted by Crippen LogP contribution is 2.40. The summed E-state index contributed by atoms with van der Waals surface area (Å²) in [4.78, 5) is 19.6. The van der Waals surface area contributed by atoms with Crippen molar-refractivity contribution in [3.05, 3.63) is 53.5 Å². The SMILES string of the molecule is COc1cccc(-c2cccc3c(N)c4c(nc23)CN(C2CCC2)C4=O)c1F. The Hall–Kier alpha value is -3.15. The van der Waals surface area contributed by atoms with Gasteiger partial charge in [0.1, 0.15) is 0 Å². The Morgan fingerprint density at radius 2 is 1.93 bits per heavy atom. The molecule has 5 rings (SSSR count). The van der Waals surface area contributed by atoms with Gasteiger partial charge >= 0.3 is 0 Å². The van der Waals surface area contributed by atoms with Crippen molar-refractivity contribution in [2.75, 3.05) is 12.8 Å². The van der Waals surface area contributed by atoms with Crippen molar-refractivity contribution in [3.63, 3.8) is 0 Å². The number of fused-ring (bicyclic) bond motifs is 2. The number of nitrogens with two attached hydrogens (primary N) is 1. The Bertz CT molecular complexity index is 1120. The summed E-state index contributed by atoms with van der Waals surface area (Å²) >= 11 is 0. The molecule has 5 nitrogen and oxygen atoms in total. The first-order valence-electron chi connectivity index (χ1n) is 9.45. The van der Waals surface area contributed by atoms with Crippen LogP contribution in [0.4, 0.5) is 10.1 Å². The van der Waals surface area contributed by atoms with Gasteiger partial charge in [0.15, 0.2) is 11.6 Å². The van der Waals surface area contributed by atoms with E-state index in [2.05, 4.69) is 0 Å². The molecule has 0 bridgehead atoms. The molecule has 1 amide bonds. The first-order valence-corrected chi connectivity index (χ1v) is 9.45. The van der Waals surface area contributed by atoms with Crippen LogP contribution >= 0.6 is 0 Å². The van der Waals surface area contributed by atoms with Crippen LogP contribution in [0.25, 0.3) is 22.0 Å². The molecular formula is C22H20FN3O2. The lowest BCUT2D eigenvalue weighted by Crippen LogP contribution is -2.40. The van der Waals surface area contributed by atoms with Gasteiger partial charge in [-0.05, 0) is 25.3 Å². The van der Waals surface area contributed by atoms with E-state index in [1.807, 2.05) is 23.1 Å². The third-order valence-corrected chi connectivity index (χ3v) is 5.91. The molecule has 0 atom stereocenters. The van der Waals surface area contributed by atoms with Crippen molar-refractivity contribution in [2.45, 2.75) is 31.8 Å². The van der Waals surface area contributed by atoms with Crippen molar-refractivity contribution in [1.82, 2.24) is 9.88 Å². The van der Waals surface area contributed by atoms with Gasteiger partial charge in [0.25, 0.3) is 5.91 Å². The van der Waals surface area contributed by atoms with Gasteiger partial charge in [-0.15, -0.1) is 0 Å². The summed E-state index contributed by atoms with van der Waals surface area (Å²) in [5.41, 5.74) is 9.67. The standard InChI is InChI=1S/C22H20FN3O2/c1-28-17-10-4-7-13(19(17)23)14-8-3-9-15-20(24)18-16(25-21(14)15)11-26(22(18)27)12-5-2-6-12/h3-4,7-10,12H,2,5-6,11H2,1H3,(H2,24,25). The maximum absolute atomic E-state index is 14.9. The topological polar surface area (TPSA) is 68.5 Å². The van der Waals surface area contributed by atoms with Gasteiger partial charge in [0, 0.05) is 22.6 Å². The molecule has 0 radical (unpaired) electrons. The van der Waals surface area contributed by atoms with Crippen molar-refractivity contribution in [1.29, 1.82) is 0 Å². The van der Waals surface area contributed by atoms with Gasteiger partial charge in [-0.3, -0.25) is 4.79 Å². The molecule has 142 valence electrons. The molecule has 0 saturated heterocycles. The van der Waals surface area contributed by atoms with Crippen LogP contribution in [-0.4, -0.2) is 28.9 Å². The summed E-state index contributed by atoms with van der Waals surface area (Å²) < 4.78 is 20.0. The molecule has 1 saturated carbocycles. The molecule has 1 fully saturated rings. The number of ether oxygens (including phenoxy) is 1. The molecule has 2 N–H and O–H groups in total. The molecule has 1 aliphatic carbocycles. The van der Waals surface area contributed by atoms with Crippen molar-refractivity contribution >= 4 is 22.5 Å². The molecule has 2 aliphatic rings. The number of carbonyl (C=O) groups is 1. The summed E-state index contributed by atoms with van der Waals surface area (Å²) in [7, 11) is 1.44. The highest BCUT2D eigenvalue weighted by Gasteiger charge is 2.38. The summed E-state index contributed by atoms with van der Waals surface area (Å²) in [5.74, 6) is -0.301. The van der Waals surface area contributed by atoms with Crippen LogP contribution in [0.3, 0.4) is 0 Å². The molecule has 0 spiro atoms. The second kappa shape index (κ2) is 6.19. The van der Waals surface area contributed by atoms with E-state index >= 15 is 0 Å².